The second-order valence-electron chi connectivity index (χ2n) is 6.25. The van der Waals surface area contributed by atoms with E-state index in [-0.39, 0.29) is 6.61 Å². The number of fused-ring (bicyclic) bond motifs is 1. The predicted octanol–water partition coefficient (Wildman–Crippen LogP) is 3.08. The zero-order valence-electron chi connectivity index (χ0n) is 15.3. The van der Waals surface area contributed by atoms with Gasteiger partial charge in [-0.3, -0.25) is 20.4 Å². The molecule has 1 atom stereocenters. The molecule has 0 saturated carbocycles. The van der Waals surface area contributed by atoms with E-state index in [9.17, 15) is 9.59 Å². The van der Waals surface area contributed by atoms with Gasteiger partial charge in [0.05, 0.1) is 0 Å². The molecule has 0 aliphatic carbocycles. The van der Waals surface area contributed by atoms with Gasteiger partial charge in [0.1, 0.15) is 18.1 Å². The quantitative estimate of drug-likeness (QED) is 0.669. The van der Waals surface area contributed by atoms with Crippen molar-refractivity contribution in [3.05, 3.63) is 84.4 Å². The summed E-state index contributed by atoms with van der Waals surface area (Å²) >= 11 is 0. The maximum absolute atomic E-state index is 12.4. The highest BCUT2D eigenvalue weighted by atomic mass is 16.6. The van der Waals surface area contributed by atoms with Crippen LogP contribution in [0.1, 0.15) is 10.4 Å². The SMILES string of the molecule is O=C(NNC(=O)[C@@H]1COc2ccccc2O1)c1cccc(Oc2ccccc2)c1. The van der Waals surface area contributed by atoms with E-state index in [2.05, 4.69) is 10.9 Å². The second-order valence-corrected chi connectivity index (χ2v) is 6.25. The third-order valence-electron chi connectivity index (χ3n) is 4.18. The van der Waals surface area contributed by atoms with Crippen molar-refractivity contribution < 1.29 is 23.8 Å². The average Bonchev–Trinajstić information content (AvgIpc) is 2.77. The summed E-state index contributed by atoms with van der Waals surface area (Å²) in [6.45, 7) is 0.0547. The van der Waals surface area contributed by atoms with Crippen molar-refractivity contribution in [2.24, 2.45) is 0 Å². The smallest absolute Gasteiger partial charge is 0.283 e. The van der Waals surface area contributed by atoms with Crippen molar-refractivity contribution in [1.82, 2.24) is 10.9 Å². The fourth-order valence-corrected chi connectivity index (χ4v) is 2.75. The summed E-state index contributed by atoms with van der Waals surface area (Å²) < 4.78 is 16.8. The van der Waals surface area contributed by atoms with Gasteiger partial charge in [0.25, 0.3) is 11.8 Å². The van der Waals surface area contributed by atoms with E-state index >= 15 is 0 Å². The van der Waals surface area contributed by atoms with Crippen molar-refractivity contribution in [3.8, 4) is 23.0 Å². The highest BCUT2D eigenvalue weighted by Gasteiger charge is 2.27. The van der Waals surface area contributed by atoms with Crippen LogP contribution in [0, 0.1) is 0 Å². The Morgan fingerprint density at radius 3 is 2.38 bits per heavy atom. The predicted molar refractivity (Wildman–Crippen MR) is 105 cm³/mol. The molecule has 1 aliphatic rings. The first-order valence-electron chi connectivity index (χ1n) is 9.01. The van der Waals surface area contributed by atoms with E-state index in [1.165, 1.54) is 0 Å². The van der Waals surface area contributed by atoms with E-state index < -0.39 is 17.9 Å². The molecule has 0 aromatic heterocycles. The van der Waals surface area contributed by atoms with E-state index in [0.29, 0.717) is 28.6 Å². The lowest BCUT2D eigenvalue weighted by atomic mass is 10.2. The molecule has 0 spiro atoms. The van der Waals surface area contributed by atoms with Gasteiger partial charge in [-0.1, -0.05) is 36.4 Å². The van der Waals surface area contributed by atoms with Crippen LogP contribution in [0.2, 0.25) is 0 Å². The minimum absolute atomic E-state index is 0.0547. The Hall–Kier alpha value is -4.00. The number of hydrogen-bond donors (Lipinski definition) is 2. The van der Waals surface area contributed by atoms with Gasteiger partial charge < -0.3 is 14.2 Å². The molecule has 7 nitrogen and oxygen atoms in total. The van der Waals surface area contributed by atoms with Gasteiger partial charge in [0.2, 0.25) is 6.10 Å². The second kappa shape index (κ2) is 8.35. The van der Waals surface area contributed by atoms with Crippen LogP contribution in [0.4, 0.5) is 0 Å². The standard InChI is InChI=1S/C22H18N2O5/c25-21(15-7-6-10-17(13-15)28-16-8-2-1-3-9-16)23-24-22(26)20-14-27-18-11-4-5-12-19(18)29-20/h1-13,20H,14H2,(H,23,25)(H,24,26)/t20-/m0/s1. The molecule has 29 heavy (non-hydrogen) atoms. The molecule has 3 aromatic rings. The molecule has 0 radical (unpaired) electrons. The van der Waals surface area contributed by atoms with Crippen molar-refractivity contribution in [2.75, 3.05) is 6.61 Å². The largest absolute Gasteiger partial charge is 0.485 e. The molecule has 0 unspecified atom stereocenters. The Balaban J connectivity index is 1.34. The van der Waals surface area contributed by atoms with Crippen LogP contribution in [-0.2, 0) is 4.79 Å². The fraction of sp³-hybridized carbons (Fsp3) is 0.0909. The molecule has 0 fully saturated rings. The number of rotatable bonds is 4. The van der Waals surface area contributed by atoms with E-state index in [4.69, 9.17) is 14.2 Å². The molecule has 0 saturated heterocycles. The van der Waals surface area contributed by atoms with Crippen LogP contribution >= 0.6 is 0 Å². The zero-order chi connectivity index (χ0) is 20.1. The van der Waals surface area contributed by atoms with Crippen molar-refractivity contribution in [2.45, 2.75) is 6.10 Å². The molecule has 0 bridgehead atoms. The highest BCUT2D eigenvalue weighted by molar-refractivity contribution is 5.96. The van der Waals surface area contributed by atoms with Crippen molar-refractivity contribution in [3.63, 3.8) is 0 Å². The maximum atomic E-state index is 12.4. The number of ether oxygens (including phenoxy) is 3. The Bertz CT molecular complexity index is 1020. The lowest BCUT2D eigenvalue weighted by molar-refractivity contribution is -0.131. The number of para-hydroxylation sites is 3. The van der Waals surface area contributed by atoms with Gasteiger partial charge in [0.15, 0.2) is 11.5 Å². The van der Waals surface area contributed by atoms with Crippen LogP contribution in [0.25, 0.3) is 0 Å². The molecular weight excluding hydrogens is 372 g/mol. The summed E-state index contributed by atoms with van der Waals surface area (Å²) in [6, 6.07) is 23.0. The van der Waals surface area contributed by atoms with Crippen LogP contribution in [0.15, 0.2) is 78.9 Å². The molecule has 3 aromatic carbocycles. The third kappa shape index (κ3) is 4.47. The number of hydrogen-bond acceptors (Lipinski definition) is 5. The van der Waals surface area contributed by atoms with Gasteiger partial charge >= 0.3 is 0 Å². The normalized spacial score (nSPS) is 14.6. The fourth-order valence-electron chi connectivity index (χ4n) is 2.75. The van der Waals surface area contributed by atoms with Crippen LogP contribution in [0.3, 0.4) is 0 Å². The molecule has 4 rings (SSSR count). The number of benzene rings is 3. The summed E-state index contributed by atoms with van der Waals surface area (Å²) in [6.07, 6.45) is -0.863. The van der Waals surface area contributed by atoms with Crippen molar-refractivity contribution in [1.29, 1.82) is 0 Å². The first kappa shape index (κ1) is 18.4. The maximum Gasteiger partial charge on any atom is 0.283 e. The number of amides is 2. The summed E-state index contributed by atoms with van der Waals surface area (Å²) in [5, 5.41) is 0. The van der Waals surface area contributed by atoms with Gasteiger partial charge in [0, 0.05) is 5.56 Å². The third-order valence-corrected chi connectivity index (χ3v) is 4.18. The zero-order valence-corrected chi connectivity index (χ0v) is 15.3. The monoisotopic (exact) mass is 390 g/mol. The molecule has 7 heteroatoms. The van der Waals surface area contributed by atoms with E-state index in [1.54, 1.807) is 42.5 Å². The minimum Gasteiger partial charge on any atom is -0.485 e. The molecule has 1 heterocycles. The molecule has 2 amide bonds. The summed E-state index contributed by atoms with van der Waals surface area (Å²) in [5.41, 5.74) is 5.09. The Morgan fingerprint density at radius 2 is 1.55 bits per heavy atom. The topological polar surface area (TPSA) is 85.9 Å². The van der Waals surface area contributed by atoms with Gasteiger partial charge in [-0.05, 0) is 42.5 Å². The van der Waals surface area contributed by atoms with Crippen LogP contribution in [-0.4, -0.2) is 24.5 Å². The van der Waals surface area contributed by atoms with Gasteiger partial charge in [-0.25, -0.2) is 0 Å². The minimum atomic E-state index is -0.863. The molecule has 146 valence electrons. The van der Waals surface area contributed by atoms with Gasteiger partial charge in [-0.15, -0.1) is 0 Å². The Labute approximate surface area is 167 Å². The van der Waals surface area contributed by atoms with Crippen LogP contribution < -0.4 is 25.1 Å². The summed E-state index contributed by atoms with van der Waals surface area (Å²) in [5.74, 6) is 1.24. The Kier molecular flexibility index (Phi) is 5.29. The van der Waals surface area contributed by atoms with Crippen molar-refractivity contribution >= 4 is 11.8 Å². The number of hydrazine groups is 1. The number of carbonyl (C=O) groups is 2. The van der Waals surface area contributed by atoms with Crippen LogP contribution in [0.5, 0.6) is 23.0 Å². The molecule has 2 N–H and O–H groups in total. The van der Waals surface area contributed by atoms with E-state index in [0.717, 1.165) is 0 Å². The first-order chi connectivity index (χ1) is 14.2. The molecular formula is C22H18N2O5. The Morgan fingerprint density at radius 1 is 0.828 bits per heavy atom. The first-order valence-corrected chi connectivity index (χ1v) is 9.01. The number of nitrogens with one attached hydrogen (secondary N) is 2. The summed E-state index contributed by atoms with van der Waals surface area (Å²) in [7, 11) is 0. The molecule has 1 aliphatic heterocycles. The lowest BCUT2D eigenvalue weighted by Crippen LogP contribution is -2.50. The lowest BCUT2D eigenvalue weighted by Gasteiger charge is -2.25. The summed E-state index contributed by atoms with van der Waals surface area (Å²) in [4.78, 5) is 24.7. The average molecular weight is 390 g/mol. The highest BCUT2D eigenvalue weighted by Crippen LogP contribution is 2.30. The van der Waals surface area contributed by atoms with E-state index in [1.807, 2.05) is 36.4 Å². The van der Waals surface area contributed by atoms with Gasteiger partial charge in [-0.2, -0.15) is 0 Å². The number of carbonyl (C=O) groups excluding carboxylic acids is 2.